The van der Waals surface area contributed by atoms with Crippen molar-refractivity contribution in [1.29, 1.82) is 0 Å². The van der Waals surface area contributed by atoms with Crippen LogP contribution in [-0.4, -0.2) is 12.7 Å². The fourth-order valence-corrected chi connectivity index (χ4v) is 4.30. The number of ether oxygens (including phenoxy) is 1. The summed E-state index contributed by atoms with van der Waals surface area (Å²) in [7, 11) is 0. The van der Waals surface area contributed by atoms with Crippen LogP contribution in [-0.2, 0) is 11.2 Å². The van der Waals surface area contributed by atoms with Crippen LogP contribution in [0.5, 0.6) is 0 Å². The lowest BCUT2D eigenvalue weighted by molar-refractivity contribution is -0.0935. The van der Waals surface area contributed by atoms with Gasteiger partial charge in [0.25, 0.3) is 0 Å². The molecule has 0 spiro atoms. The first kappa shape index (κ1) is 13.9. The van der Waals surface area contributed by atoms with E-state index in [1.807, 2.05) is 0 Å². The summed E-state index contributed by atoms with van der Waals surface area (Å²) in [5.74, 6) is 2.80. The van der Waals surface area contributed by atoms with E-state index in [-0.39, 0.29) is 0 Å². The third kappa shape index (κ3) is 2.56. The van der Waals surface area contributed by atoms with Gasteiger partial charge in [0.15, 0.2) is 0 Å². The summed E-state index contributed by atoms with van der Waals surface area (Å²) in [5.41, 5.74) is 2.98. The molecular weight excluding hydrogens is 244 g/mol. The average Bonchev–Trinajstić information content (AvgIpc) is 2.44. The van der Waals surface area contributed by atoms with Gasteiger partial charge in [0, 0.05) is 5.92 Å². The van der Waals surface area contributed by atoms with E-state index in [4.69, 9.17) is 4.74 Å². The number of aryl methyl sites for hydroxylation is 1. The van der Waals surface area contributed by atoms with E-state index >= 15 is 0 Å². The molecule has 1 heterocycles. The molecule has 1 fully saturated rings. The molecule has 1 aromatic carbocycles. The number of hydrogen-bond acceptors (Lipinski definition) is 1. The van der Waals surface area contributed by atoms with Gasteiger partial charge in [-0.05, 0) is 43.1 Å². The number of benzene rings is 1. The van der Waals surface area contributed by atoms with E-state index in [0.717, 1.165) is 31.3 Å². The van der Waals surface area contributed by atoms with Gasteiger partial charge in [-0.2, -0.15) is 0 Å². The molecule has 3 rings (SSSR count). The second kappa shape index (κ2) is 5.73. The first-order valence-electron chi connectivity index (χ1n) is 8.00. The summed E-state index contributed by atoms with van der Waals surface area (Å²) in [5, 5.41) is 0. The molecule has 1 aliphatic carbocycles. The van der Waals surface area contributed by atoms with E-state index in [2.05, 4.69) is 57.2 Å². The van der Waals surface area contributed by atoms with Crippen molar-refractivity contribution >= 4 is 0 Å². The van der Waals surface area contributed by atoms with Crippen molar-refractivity contribution in [3.05, 3.63) is 47.5 Å². The van der Waals surface area contributed by atoms with E-state index in [1.54, 1.807) is 5.57 Å². The zero-order valence-electron chi connectivity index (χ0n) is 12.9. The lowest BCUT2D eigenvalue weighted by atomic mass is 9.65. The topological polar surface area (TPSA) is 9.23 Å². The van der Waals surface area contributed by atoms with Crippen LogP contribution in [0.1, 0.15) is 32.8 Å². The van der Waals surface area contributed by atoms with Crippen molar-refractivity contribution < 1.29 is 4.74 Å². The zero-order chi connectivity index (χ0) is 14.1. The van der Waals surface area contributed by atoms with Crippen molar-refractivity contribution in [3.8, 4) is 0 Å². The Kier molecular flexibility index (Phi) is 3.98. The summed E-state index contributed by atoms with van der Waals surface area (Å²) >= 11 is 0. The van der Waals surface area contributed by atoms with Crippen LogP contribution in [0.25, 0.3) is 0 Å². The average molecular weight is 270 g/mol. The number of rotatable bonds is 3. The minimum Gasteiger partial charge on any atom is -0.377 e. The highest BCUT2D eigenvalue weighted by Gasteiger charge is 2.42. The quantitative estimate of drug-likeness (QED) is 0.736. The second-order valence-electron chi connectivity index (χ2n) is 6.71. The minimum atomic E-state index is 0.408. The maximum absolute atomic E-state index is 6.24. The van der Waals surface area contributed by atoms with Crippen molar-refractivity contribution in [2.45, 2.75) is 39.7 Å². The van der Waals surface area contributed by atoms with Crippen LogP contribution in [0.3, 0.4) is 0 Å². The predicted octanol–water partition coefficient (Wildman–Crippen LogP) is 4.48. The molecule has 0 saturated carbocycles. The van der Waals surface area contributed by atoms with Gasteiger partial charge < -0.3 is 4.74 Å². The maximum atomic E-state index is 6.24. The molecule has 0 N–H and O–H groups in total. The van der Waals surface area contributed by atoms with Gasteiger partial charge in [-0.15, -0.1) is 0 Å². The Labute approximate surface area is 123 Å². The highest BCUT2D eigenvalue weighted by Crippen LogP contribution is 2.45. The van der Waals surface area contributed by atoms with Crippen LogP contribution >= 0.6 is 0 Å². The maximum Gasteiger partial charge on any atom is 0.0646 e. The molecule has 1 nitrogen and oxygen atoms in total. The first-order valence-corrected chi connectivity index (χ1v) is 8.00. The Morgan fingerprint density at radius 3 is 2.65 bits per heavy atom. The van der Waals surface area contributed by atoms with Gasteiger partial charge in [-0.1, -0.05) is 55.8 Å². The summed E-state index contributed by atoms with van der Waals surface area (Å²) in [6.45, 7) is 8.02. The summed E-state index contributed by atoms with van der Waals surface area (Å²) in [6.07, 6.45) is 5.17. The van der Waals surface area contributed by atoms with Gasteiger partial charge in [0.1, 0.15) is 0 Å². The largest absolute Gasteiger partial charge is 0.377 e. The Balaban J connectivity index is 1.70. The molecule has 20 heavy (non-hydrogen) atoms. The summed E-state index contributed by atoms with van der Waals surface area (Å²) in [4.78, 5) is 0. The first-order chi connectivity index (χ1) is 9.66. The van der Waals surface area contributed by atoms with Crippen molar-refractivity contribution in [3.63, 3.8) is 0 Å². The van der Waals surface area contributed by atoms with Gasteiger partial charge in [0.05, 0.1) is 12.7 Å². The third-order valence-corrected chi connectivity index (χ3v) is 5.43. The van der Waals surface area contributed by atoms with E-state index in [9.17, 15) is 0 Å². The minimum absolute atomic E-state index is 0.408. The molecule has 108 valence electrons. The monoisotopic (exact) mass is 270 g/mol. The normalized spacial score (nSPS) is 36.5. The molecule has 5 atom stereocenters. The van der Waals surface area contributed by atoms with Crippen LogP contribution in [0.2, 0.25) is 0 Å². The number of fused-ring (bicyclic) bond motifs is 2. The molecule has 0 radical (unpaired) electrons. The predicted molar refractivity (Wildman–Crippen MR) is 83.6 cm³/mol. The van der Waals surface area contributed by atoms with E-state index < -0.39 is 0 Å². The Hall–Kier alpha value is -1.08. The number of allylic oxidation sites excluding steroid dienone is 1. The lowest BCUT2D eigenvalue weighted by Crippen LogP contribution is -2.46. The van der Waals surface area contributed by atoms with Gasteiger partial charge in [-0.3, -0.25) is 0 Å². The zero-order valence-corrected chi connectivity index (χ0v) is 12.9. The molecular formula is C19H26O. The Morgan fingerprint density at radius 2 is 1.90 bits per heavy atom. The number of hydrogen-bond donors (Lipinski definition) is 0. The molecule has 1 aliphatic heterocycles. The summed E-state index contributed by atoms with van der Waals surface area (Å²) in [6, 6.07) is 10.8. The molecule has 1 heteroatoms. The highest BCUT2D eigenvalue weighted by atomic mass is 16.5. The smallest absolute Gasteiger partial charge is 0.0646 e. The Bertz CT molecular complexity index is 476. The van der Waals surface area contributed by atoms with Crippen molar-refractivity contribution in [2.24, 2.45) is 23.7 Å². The fourth-order valence-electron chi connectivity index (χ4n) is 4.30. The fraction of sp³-hybridized carbons (Fsp3) is 0.579. The highest BCUT2D eigenvalue weighted by molar-refractivity contribution is 5.18. The third-order valence-electron chi connectivity index (χ3n) is 5.43. The molecule has 0 unspecified atom stereocenters. The molecule has 0 aromatic heterocycles. The lowest BCUT2D eigenvalue weighted by Gasteiger charge is -2.47. The molecule has 2 bridgehead atoms. The standard InChI is InChI=1S/C19H26O/c1-13-11-14(2)19-15(3)17(13)12-20-18(19)10-9-16-7-5-4-6-8-16/h4-8,11,13,15,17-19H,9-10,12H2,1-3H3/t13-,15+,17-,18-,19-/m1/s1. The molecule has 2 aliphatic rings. The van der Waals surface area contributed by atoms with Crippen LogP contribution in [0.4, 0.5) is 0 Å². The van der Waals surface area contributed by atoms with Crippen LogP contribution in [0.15, 0.2) is 42.0 Å². The summed E-state index contributed by atoms with van der Waals surface area (Å²) < 4.78 is 6.24. The molecule has 1 saturated heterocycles. The van der Waals surface area contributed by atoms with Crippen LogP contribution in [0, 0.1) is 23.7 Å². The van der Waals surface area contributed by atoms with Crippen LogP contribution < -0.4 is 0 Å². The van der Waals surface area contributed by atoms with Crippen molar-refractivity contribution in [2.75, 3.05) is 6.61 Å². The van der Waals surface area contributed by atoms with Gasteiger partial charge >= 0.3 is 0 Å². The van der Waals surface area contributed by atoms with Gasteiger partial charge in [-0.25, -0.2) is 0 Å². The van der Waals surface area contributed by atoms with Gasteiger partial charge in [0.2, 0.25) is 0 Å². The Morgan fingerprint density at radius 1 is 1.15 bits per heavy atom. The SMILES string of the molecule is CC1=C[C@@H](C)[C@H]2CO[C@H](CCc3ccccc3)[C@H]1[C@H]2C. The van der Waals surface area contributed by atoms with E-state index in [1.165, 1.54) is 5.56 Å². The molecule has 0 amide bonds. The molecule has 1 aromatic rings. The van der Waals surface area contributed by atoms with Crippen molar-refractivity contribution in [1.82, 2.24) is 0 Å². The van der Waals surface area contributed by atoms with E-state index in [0.29, 0.717) is 17.9 Å². The second-order valence-corrected chi connectivity index (χ2v) is 6.71.